The van der Waals surface area contributed by atoms with Crippen LogP contribution in [0.4, 0.5) is 0 Å². The lowest BCUT2D eigenvalue weighted by atomic mass is 10.1. The predicted molar refractivity (Wildman–Crippen MR) is 98.2 cm³/mol. The summed E-state index contributed by atoms with van der Waals surface area (Å²) in [4.78, 5) is 21.3. The van der Waals surface area contributed by atoms with Crippen molar-refractivity contribution in [3.63, 3.8) is 0 Å². The Bertz CT molecular complexity index is 793. The van der Waals surface area contributed by atoms with Gasteiger partial charge in [-0.3, -0.25) is 9.78 Å². The second-order valence-corrected chi connectivity index (χ2v) is 6.43. The van der Waals surface area contributed by atoms with Crippen LogP contribution in [0.2, 0.25) is 0 Å². The summed E-state index contributed by atoms with van der Waals surface area (Å²) >= 11 is 0. The van der Waals surface area contributed by atoms with Crippen molar-refractivity contribution in [2.45, 2.75) is 20.4 Å². The zero-order chi connectivity index (χ0) is 18.4. The van der Waals surface area contributed by atoms with Crippen molar-refractivity contribution in [1.82, 2.24) is 14.8 Å². The molecule has 0 saturated carbocycles. The lowest BCUT2D eigenvalue weighted by molar-refractivity contribution is 0.0730. The third-order valence-electron chi connectivity index (χ3n) is 3.99. The van der Waals surface area contributed by atoms with Crippen molar-refractivity contribution >= 4 is 5.91 Å². The van der Waals surface area contributed by atoms with Gasteiger partial charge in [0, 0.05) is 25.3 Å². The molecule has 25 heavy (non-hydrogen) atoms. The van der Waals surface area contributed by atoms with Crippen LogP contribution in [0, 0.1) is 25.2 Å². The molecule has 0 bridgehead atoms. The van der Waals surface area contributed by atoms with Crippen molar-refractivity contribution in [1.29, 1.82) is 5.26 Å². The van der Waals surface area contributed by atoms with Gasteiger partial charge in [0.05, 0.1) is 22.9 Å². The number of aromatic nitrogens is 1. The Balaban J connectivity index is 2.28. The highest BCUT2D eigenvalue weighted by atomic mass is 16.2. The maximum absolute atomic E-state index is 13.1. The Morgan fingerprint density at radius 3 is 2.56 bits per heavy atom. The molecule has 0 unspecified atom stereocenters. The van der Waals surface area contributed by atoms with Crippen molar-refractivity contribution in [2.24, 2.45) is 0 Å². The largest absolute Gasteiger partial charge is 0.333 e. The second kappa shape index (κ2) is 8.41. The molecule has 1 amide bonds. The van der Waals surface area contributed by atoms with Gasteiger partial charge >= 0.3 is 0 Å². The van der Waals surface area contributed by atoms with E-state index in [2.05, 4.69) is 11.1 Å². The van der Waals surface area contributed by atoms with E-state index in [0.717, 1.165) is 23.5 Å². The third kappa shape index (κ3) is 5.13. The van der Waals surface area contributed by atoms with E-state index >= 15 is 0 Å². The van der Waals surface area contributed by atoms with E-state index in [4.69, 9.17) is 5.26 Å². The lowest BCUT2D eigenvalue weighted by Crippen LogP contribution is -2.36. The normalized spacial score (nSPS) is 10.6. The molecule has 1 aromatic heterocycles. The number of rotatable bonds is 6. The summed E-state index contributed by atoms with van der Waals surface area (Å²) in [6.07, 6.45) is 0. The van der Waals surface area contributed by atoms with Crippen molar-refractivity contribution in [3.8, 4) is 6.07 Å². The first-order chi connectivity index (χ1) is 11.9. The number of carbonyl (C=O) groups is 1. The van der Waals surface area contributed by atoms with Crippen LogP contribution in [-0.2, 0) is 6.54 Å². The minimum Gasteiger partial charge on any atom is -0.333 e. The van der Waals surface area contributed by atoms with Crippen LogP contribution in [-0.4, -0.2) is 47.9 Å². The molecule has 5 heteroatoms. The highest BCUT2D eigenvalue weighted by molar-refractivity contribution is 5.95. The van der Waals surface area contributed by atoms with E-state index in [1.807, 2.05) is 68.1 Å². The van der Waals surface area contributed by atoms with Gasteiger partial charge in [-0.2, -0.15) is 5.26 Å². The number of amides is 1. The van der Waals surface area contributed by atoms with Crippen LogP contribution in [0.3, 0.4) is 0 Å². The average molecular weight is 336 g/mol. The van der Waals surface area contributed by atoms with Crippen LogP contribution in [0.15, 0.2) is 36.4 Å². The number of carbonyl (C=O) groups excluding carboxylic acids is 1. The van der Waals surface area contributed by atoms with Gasteiger partial charge < -0.3 is 9.80 Å². The summed E-state index contributed by atoms with van der Waals surface area (Å²) in [5.41, 5.74) is 3.82. The molecular weight excluding hydrogens is 312 g/mol. The minimum absolute atomic E-state index is 0.0331. The molecule has 0 fully saturated rings. The number of nitriles is 1. The molecule has 0 atom stereocenters. The highest BCUT2D eigenvalue weighted by Crippen LogP contribution is 2.14. The smallest absolute Gasteiger partial charge is 0.256 e. The topological polar surface area (TPSA) is 60.2 Å². The molecule has 0 aliphatic carbocycles. The van der Waals surface area contributed by atoms with E-state index in [1.165, 1.54) is 0 Å². The molecule has 0 aliphatic rings. The second-order valence-electron chi connectivity index (χ2n) is 6.43. The van der Waals surface area contributed by atoms with E-state index in [0.29, 0.717) is 24.2 Å². The fourth-order valence-electron chi connectivity index (χ4n) is 2.62. The van der Waals surface area contributed by atoms with Crippen molar-refractivity contribution in [3.05, 3.63) is 64.5 Å². The molecule has 0 aliphatic heterocycles. The maximum atomic E-state index is 13.1. The van der Waals surface area contributed by atoms with Gasteiger partial charge in [0.25, 0.3) is 5.91 Å². The monoisotopic (exact) mass is 336 g/mol. The summed E-state index contributed by atoms with van der Waals surface area (Å²) in [5.74, 6) is -0.0331. The third-order valence-corrected chi connectivity index (χ3v) is 3.99. The number of hydrogen-bond donors (Lipinski definition) is 0. The van der Waals surface area contributed by atoms with E-state index in [9.17, 15) is 4.79 Å². The van der Waals surface area contributed by atoms with Gasteiger partial charge in [0.2, 0.25) is 0 Å². The van der Waals surface area contributed by atoms with Crippen LogP contribution >= 0.6 is 0 Å². The van der Waals surface area contributed by atoms with E-state index in [1.54, 1.807) is 6.07 Å². The first-order valence-electron chi connectivity index (χ1n) is 8.28. The van der Waals surface area contributed by atoms with E-state index < -0.39 is 0 Å². The predicted octanol–water partition coefficient (Wildman–Crippen LogP) is 2.77. The van der Waals surface area contributed by atoms with Gasteiger partial charge in [-0.15, -0.1) is 0 Å². The number of hydrogen-bond acceptors (Lipinski definition) is 4. The molecule has 1 heterocycles. The Labute approximate surface area is 149 Å². The van der Waals surface area contributed by atoms with Gasteiger partial charge in [0.15, 0.2) is 0 Å². The fraction of sp³-hybridized carbons (Fsp3) is 0.350. The molecule has 2 aromatic rings. The van der Waals surface area contributed by atoms with Crippen molar-refractivity contribution < 1.29 is 4.79 Å². The molecule has 0 spiro atoms. The van der Waals surface area contributed by atoms with E-state index in [-0.39, 0.29) is 5.91 Å². The molecule has 0 radical (unpaired) electrons. The maximum Gasteiger partial charge on any atom is 0.256 e. The Morgan fingerprint density at radius 1 is 1.16 bits per heavy atom. The molecule has 1 aromatic carbocycles. The summed E-state index contributed by atoms with van der Waals surface area (Å²) < 4.78 is 0. The van der Waals surface area contributed by atoms with Crippen LogP contribution in [0.25, 0.3) is 0 Å². The number of likely N-dealkylation sites (N-methyl/N-ethyl adjacent to an activating group) is 1. The van der Waals surface area contributed by atoms with Crippen molar-refractivity contribution in [2.75, 3.05) is 27.2 Å². The average Bonchev–Trinajstić information content (AvgIpc) is 2.58. The Hall–Kier alpha value is -2.71. The summed E-state index contributed by atoms with van der Waals surface area (Å²) in [7, 11) is 3.97. The summed E-state index contributed by atoms with van der Waals surface area (Å²) in [5, 5.41) is 9.08. The van der Waals surface area contributed by atoms with Gasteiger partial charge in [-0.1, -0.05) is 12.1 Å². The first kappa shape index (κ1) is 18.6. The van der Waals surface area contributed by atoms with Crippen LogP contribution in [0.1, 0.15) is 32.9 Å². The summed E-state index contributed by atoms with van der Waals surface area (Å²) in [6, 6.07) is 13.2. The van der Waals surface area contributed by atoms with Gasteiger partial charge in [0.1, 0.15) is 0 Å². The molecule has 0 saturated heterocycles. The van der Waals surface area contributed by atoms with Gasteiger partial charge in [-0.25, -0.2) is 0 Å². The Morgan fingerprint density at radius 2 is 1.92 bits per heavy atom. The first-order valence-corrected chi connectivity index (χ1v) is 8.28. The van der Waals surface area contributed by atoms with Crippen LogP contribution < -0.4 is 0 Å². The highest BCUT2D eigenvalue weighted by Gasteiger charge is 2.19. The molecule has 130 valence electrons. The number of nitrogens with zero attached hydrogens (tertiary/aromatic N) is 4. The zero-order valence-electron chi connectivity index (χ0n) is 15.3. The zero-order valence-corrected chi connectivity index (χ0v) is 15.3. The quantitative estimate of drug-likeness (QED) is 0.814. The minimum atomic E-state index is -0.0331. The summed E-state index contributed by atoms with van der Waals surface area (Å²) in [6.45, 7) is 5.62. The Kier molecular flexibility index (Phi) is 6.26. The number of pyridine rings is 1. The molecule has 2 rings (SSSR count). The molecule has 5 nitrogen and oxygen atoms in total. The number of aryl methyl sites for hydroxylation is 2. The molecular formula is C20H24N4O. The molecule has 0 N–H and O–H groups in total. The van der Waals surface area contributed by atoms with Gasteiger partial charge in [-0.05, 0) is 57.8 Å². The SMILES string of the molecule is Cc1ccc(C(=O)N(CCN(C)C)Cc2cccc(C#N)c2)c(C)n1. The fourth-order valence-corrected chi connectivity index (χ4v) is 2.62. The lowest BCUT2D eigenvalue weighted by Gasteiger charge is -2.25. The standard InChI is InChI=1S/C20H24N4O/c1-15-8-9-19(16(2)22-15)20(25)24(11-10-23(3)4)14-18-7-5-6-17(12-18)13-21/h5-9,12H,10-11,14H2,1-4H3. The number of benzene rings is 1. The van der Waals surface area contributed by atoms with Crippen LogP contribution in [0.5, 0.6) is 0 Å².